The van der Waals surface area contributed by atoms with Gasteiger partial charge in [0, 0.05) is 18.7 Å². The number of amides is 3. The summed E-state index contributed by atoms with van der Waals surface area (Å²) < 4.78 is 0. The summed E-state index contributed by atoms with van der Waals surface area (Å²) in [7, 11) is 0. The van der Waals surface area contributed by atoms with Gasteiger partial charge in [0.25, 0.3) is 0 Å². The molecular formula is C9H18N2O2S. The van der Waals surface area contributed by atoms with Crippen LogP contribution in [0.3, 0.4) is 0 Å². The molecule has 0 heterocycles. The molecule has 0 aromatic rings. The van der Waals surface area contributed by atoms with Crippen LogP contribution in [0.2, 0.25) is 0 Å². The van der Waals surface area contributed by atoms with E-state index in [0.717, 1.165) is 6.42 Å². The fourth-order valence-electron chi connectivity index (χ4n) is 0.823. The molecule has 4 nitrogen and oxygen atoms in total. The fourth-order valence-corrected chi connectivity index (χ4v) is 0.934. The zero-order chi connectivity index (χ0) is 11.0. The molecule has 5 heteroatoms. The zero-order valence-electron chi connectivity index (χ0n) is 8.67. The van der Waals surface area contributed by atoms with Gasteiger partial charge in [0.1, 0.15) is 0 Å². The molecule has 0 aliphatic carbocycles. The largest absolute Gasteiger partial charge is 0.337 e. The lowest BCUT2D eigenvalue weighted by Gasteiger charge is -2.06. The highest BCUT2D eigenvalue weighted by Crippen LogP contribution is 2.02. The van der Waals surface area contributed by atoms with E-state index in [1.54, 1.807) is 0 Å². The molecule has 0 saturated heterocycles. The first-order valence-electron chi connectivity index (χ1n) is 4.74. The van der Waals surface area contributed by atoms with Crippen molar-refractivity contribution in [1.29, 1.82) is 0 Å². The SMILES string of the molecule is CC(C)CCC(=O)NC(=O)NCCS. The maximum atomic E-state index is 11.1. The van der Waals surface area contributed by atoms with Crippen LogP contribution in [0.15, 0.2) is 0 Å². The van der Waals surface area contributed by atoms with E-state index in [1.165, 1.54) is 0 Å². The number of rotatable bonds is 5. The van der Waals surface area contributed by atoms with Gasteiger partial charge in [0.15, 0.2) is 0 Å². The minimum absolute atomic E-state index is 0.227. The lowest BCUT2D eigenvalue weighted by Crippen LogP contribution is -2.40. The van der Waals surface area contributed by atoms with Gasteiger partial charge in [0.2, 0.25) is 5.91 Å². The van der Waals surface area contributed by atoms with Crippen LogP contribution in [0.5, 0.6) is 0 Å². The van der Waals surface area contributed by atoms with Gasteiger partial charge in [-0.2, -0.15) is 12.6 Å². The summed E-state index contributed by atoms with van der Waals surface area (Å²) in [5, 5.41) is 4.75. The Balaban J connectivity index is 3.55. The Hall–Kier alpha value is -0.710. The van der Waals surface area contributed by atoms with Crippen LogP contribution in [0.1, 0.15) is 26.7 Å². The highest BCUT2D eigenvalue weighted by atomic mass is 32.1. The molecule has 0 aromatic carbocycles. The van der Waals surface area contributed by atoms with E-state index >= 15 is 0 Å². The second kappa shape index (κ2) is 7.67. The van der Waals surface area contributed by atoms with E-state index in [1.807, 2.05) is 13.8 Å². The third-order valence-electron chi connectivity index (χ3n) is 1.60. The topological polar surface area (TPSA) is 58.2 Å². The summed E-state index contributed by atoms with van der Waals surface area (Å²) in [5.41, 5.74) is 0. The van der Waals surface area contributed by atoms with Gasteiger partial charge in [-0.15, -0.1) is 0 Å². The van der Waals surface area contributed by atoms with Crippen molar-refractivity contribution >= 4 is 24.6 Å². The number of imide groups is 1. The van der Waals surface area contributed by atoms with Crippen LogP contribution < -0.4 is 10.6 Å². The molecule has 0 aromatic heterocycles. The zero-order valence-corrected chi connectivity index (χ0v) is 9.56. The number of urea groups is 1. The number of thiol groups is 1. The van der Waals surface area contributed by atoms with Crippen LogP contribution in [0.4, 0.5) is 4.79 Å². The fraction of sp³-hybridized carbons (Fsp3) is 0.778. The summed E-state index contributed by atoms with van der Waals surface area (Å²) in [6.45, 7) is 4.54. The summed E-state index contributed by atoms with van der Waals surface area (Å²) in [5.74, 6) is 0.810. The number of carbonyl (C=O) groups is 2. The third kappa shape index (κ3) is 7.91. The van der Waals surface area contributed by atoms with E-state index in [-0.39, 0.29) is 5.91 Å². The second-order valence-corrected chi connectivity index (χ2v) is 3.91. The van der Waals surface area contributed by atoms with Crippen molar-refractivity contribution in [2.24, 2.45) is 5.92 Å². The van der Waals surface area contributed by atoms with E-state index in [4.69, 9.17) is 0 Å². The third-order valence-corrected chi connectivity index (χ3v) is 1.82. The average Bonchev–Trinajstić information content (AvgIpc) is 2.11. The second-order valence-electron chi connectivity index (χ2n) is 3.46. The smallest absolute Gasteiger partial charge is 0.321 e. The molecule has 0 saturated carbocycles. The molecule has 0 aliphatic heterocycles. The molecule has 0 aliphatic rings. The van der Waals surface area contributed by atoms with Crippen LogP contribution in [0, 0.1) is 5.92 Å². The highest BCUT2D eigenvalue weighted by molar-refractivity contribution is 7.80. The number of carbonyl (C=O) groups excluding carboxylic acids is 2. The first kappa shape index (κ1) is 13.3. The lowest BCUT2D eigenvalue weighted by atomic mass is 10.1. The number of hydrogen-bond acceptors (Lipinski definition) is 3. The van der Waals surface area contributed by atoms with E-state index in [9.17, 15) is 9.59 Å². The molecule has 0 rings (SSSR count). The summed E-state index contributed by atoms with van der Waals surface area (Å²) >= 11 is 3.93. The van der Waals surface area contributed by atoms with Crippen molar-refractivity contribution < 1.29 is 9.59 Å². The molecule has 82 valence electrons. The van der Waals surface area contributed by atoms with Crippen LogP contribution >= 0.6 is 12.6 Å². The van der Waals surface area contributed by atoms with Crippen molar-refractivity contribution in [3.63, 3.8) is 0 Å². The molecule has 0 bridgehead atoms. The van der Waals surface area contributed by atoms with E-state index < -0.39 is 6.03 Å². The molecule has 0 unspecified atom stereocenters. The maximum absolute atomic E-state index is 11.1. The van der Waals surface area contributed by atoms with Crippen molar-refractivity contribution in [1.82, 2.24) is 10.6 Å². The van der Waals surface area contributed by atoms with Crippen molar-refractivity contribution in [2.45, 2.75) is 26.7 Å². The predicted octanol–water partition coefficient (Wildman–Crippen LogP) is 1.18. The van der Waals surface area contributed by atoms with Crippen LogP contribution in [-0.4, -0.2) is 24.2 Å². The Morgan fingerprint density at radius 1 is 1.36 bits per heavy atom. The molecule has 3 amide bonds. The standard InChI is InChI=1S/C9H18N2O2S/c1-7(2)3-4-8(12)11-9(13)10-5-6-14/h7,14H,3-6H2,1-2H3,(H2,10,11,12,13). The minimum atomic E-state index is -0.437. The Morgan fingerprint density at radius 3 is 2.50 bits per heavy atom. The molecular weight excluding hydrogens is 200 g/mol. The van der Waals surface area contributed by atoms with Gasteiger partial charge in [-0.25, -0.2) is 4.79 Å². The number of hydrogen-bond donors (Lipinski definition) is 3. The minimum Gasteiger partial charge on any atom is -0.337 e. The van der Waals surface area contributed by atoms with Gasteiger partial charge in [-0.05, 0) is 12.3 Å². The summed E-state index contributed by atoms with van der Waals surface area (Å²) in [6, 6.07) is -0.437. The average molecular weight is 218 g/mol. The van der Waals surface area contributed by atoms with Gasteiger partial charge in [0.05, 0.1) is 0 Å². The van der Waals surface area contributed by atoms with Crippen molar-refractivity contribution in [3.05, 3.63) is 0 Å². The monoisotopic (exact) mass is 218 g/mol. The molecule has 0 radical (unpaired) electrons. The maximum Gasteiger partial charge on any atom is 0.321 e. The quantitative estimate of drug-likeness (QED) is 0.607. The van der Waals surface area contributed by atoms with E-state index in [0.29, 0.717) is 24.6 Å². The van der Waals surface area contributed by atoms with Crippen LogP contribution in [-0.2, 0) is 4.79 Å². The first-order chi connectivity index (χ1) is 6.56. The summed E-state index contributed by atoms with van der Waals surface area (Å²) in [4.78, 5) is 22.1. The first-order valence-corrected chi connectivity index (χ1v) is 5.38. The van der Waals surface area contributed by atoms with E-state index in [2.05, 4.69) is 23.3 Å². The molecule has 0 fully saturated rings. The predicted molar refractivity (Wildman–Crippen MR) is 59.5 cm³/mol. The van der Waals surface area contributed by atoms with Crippen LogP contribution in [0.25, 0.3) is 0 Å². The van der Waals surface area contributed by atoms with Gasteiger partial charge in [-0.1, -0.05) is 13.8 Å². The molecule has 2 N–H and O–H groups in total. The Morgan fingerprint density at radius 2 is 2.00 bits per heavy atom. The van der Waals surface area contributed by atoms with Crippen molar-refractivity contribution in [3.8, 4) is 0 Å². The normalized spacial score (nSPS) is 10.0. The van der Waals surface area contributed by atoms with Crippen molar-refractivity contribution in [2.75, 3.05) is 12.3 Å². The number of nitrogens with one attached hydrogen (secondary N) is 2. The highest BCUT2D eigenvalue weighted by Gasteiger charge is 2.06. The molecule has 0 atom stereocenters. The van der Waals surface area contributed by atoms with Gasteiger partial charge < -0.3 is 5.32 Å². The molecule has 14 heavy (non-hydrogen) atoms. The van der Waals surface area contributed by atoms with Gasteiger partial charge >= 0.3 is 6.03 Å². The molecule has 0 spiro atoms. The Kier molecular flexibility index (Phi) is 7.28. The Labute approximate surface area is 90.2 Å². The lowest BCUT2D eigenvalue weighted by molar-refractivity contribution is -0.120. The van der Waals surface area contributed by atoms with Gasteiger partial charge in [-0.3, -0.25) is 10.1 Å². The Bertz CT molecular complexity index is 195. The summed E-state index contributed by atoms with van der Waals surface area (Å²) in [6.07, 6.45) is 1.19.